The van der Waals surface area contributed by atoms with Gasteiger partial charge in [0.15, 0.2) is 5.78 Å². The number of ketones is 2. The highest BCUT2D eigenvalue weighted by Gasteiger charge is 2.37. The summed E-state index contributed by atoms with van der Waals surface area (Å²) in [5.41, 5.74) is -2.32. The van der Waals surface area contributed by atoms with Crippen LogP contribution in [-0.2, 0) is 16.8 Å². The van der Waals surface area contributed by atoms with E-state index in [9.17, 15) is 42.7 Å². The van der Waals surface area contributed by atoms with Crippen molar-refractivity contribution in [2.24, 2.45) is 0 Å². The Labute approximate surface area is 163 Å². The second-order valence-corrected chi connectivity index (χ2v) is 7.23. The molecule has 3 rings (SSSR count). The Morgan fingerprint density at radius 3 is 2.24 bits per heavy atom. The zero-order chi connectivity index (χ0) is 21.7. The largest absolute Gasteiger partial charge is 0.716 e. The van der Waals surface area contributed by atoms with E-state index in [0.717, 1.165) is 6.07 Å². The van der Waals surface area contributed by atoms with Crippen molar-refractivity contribution in [2.45, 2.75) is 19.8 Å². The first kappa shape index (κ1) is 20.3. The Kier molecular flexibility index (Phi) is 4.81. The average molecular weight is 421 g/mol. The molecule has 1 aliphatic carbocycles. The van der Waals surface area contributed by atoms with Gasteiger partial charge in [0.05, 0.1) is 11.1 Å². The number of carbonyl (C=O) groups excluding carboxylic acids is 2. The van der Waals surface area contributed by atoms with E-state index in [-0.39, 0.29) is 17.5 Å². The maximum Gasteiger partial charge on any atom is 0.339 e. The molecule has 0 fully saturated rings. The Morgan fingerprint density at radius 1 is 1.07 bits per heavy atom. The normalized spacial score (nSPS) is 13.0. The molecule has 0 radical (unpaired) electrons. The Bertz CT molecular complexity index is 1190. The van der Waals surface area contributed by atoms with Crippen molar-refractivity contribution in [3.05, 3.63) is 51.6 Å². The van der Waals surface area contributed by atoms with E-state index < -0.39 is 67.4 Å². The molecule has 0 heterocycles. The highest BCUT2D eigenvalue weighted by Crippen LogP contribution is 2.41. The molecular weight excluding hydrogens is 408 g/mol. The molecule has 0 aromatic heterocycles. The first-order valence-electron chi connectivity index (χ1n) is 8.20. The zero-order valence-corrected chi connectivity index (χ0v) is 15.6. The summed E-state index contributed by atoms with van der Waals surface area (Å²) in [6.45, 7) is 1.75. The first-order chi connectivity index (χ1) is 13.5. The van der Waals surface area contributed by atoms with Crippen molar-refractivity contribution >= 4 is 27.9 Å². The average Bonchev–Trinajstić information content (AvgIpc) is 2.57. The number of carbonyl (C=O) groups is 3. The molecule has 0 saturated carbocycles. The minimum absolute atomic E-state index is 0.125. The summed E-state index contributed by atoms with van der Waals surface area (Å²) >= 11 is 0. The molecule has 29 heavy (non-hydrogen) atoms. The van der Waals surface area contributed by atoms with Crippen LogP contribution in [0, 0.1) is 0 Å². The molecule has 3 N–H and O–H groups in total. The first-order valence-corrected chi connectivity index (χ1v) is 9.53. The van der Waals surface area contributed by atoms with Crippen LogP contribution in [-0.4, -0.2) is 45.8 Å². The van der Waals surface area contributed by atoms with Gasteiger partial charge in [0, 0.05) is 17.2 Å². The van der Waals surface area contributed by atoms with Gasteiger partial charge >= 0.3 is 5.97 Å². The minimum atomic E-state index is -5.21. The number of aromatic carboxylic acids is 1. The highest BCUT2D eigenvalue weighted by molar-refractivity contribution is 7.81. The van der Waals surface area contributed by atoms with Crippen molar-refractivity contribution in [3.8, 4) is 17.2 Å². The third-order valence-corrected chi connectivity index (χ3v) is 4.75. The van der Waals surface area contributed by atoms with Crippen LogP contribution in [0.4, 0.5) is 0 Å². The van der Waals surface area contributed by atoms with E-state index in [1.165, 1.54) is 6.07 Å². The number of carboxylic acid groups (broad SMARTS) is 1. The number of benzene rings is 2. The quantitative estimate of drug-likeness (QED) is 0.402. The molecule has 0 unspecified atom stereocenters. The Balaban J connectivity index is 2.30. The van der Waals surface area contributed by atoms with Gasteiger partial charge in [0.2, 0.25) is 5.78 Å². The number of aryl methyl sites for hydroxylation is 1. The van der Waals surface area contributed by atoms with E-state index in [2.05, 4.69) is 4.18 Å². The van der Waals surface area contributed by atoms with E-state index >= 15 is 0 Å². The predicted octanol–water partition coefficient (Wildman–Crippen LogP) is 1.36. The van der Waals surface area contributed by atoms with E-state index in [1.807, 2.05) is 0 Å². The summed E-state index contributed by atoms with van der Waals surface area (Å²) in [6.07, 6.45) is 0.678. The molecular formula is C18H13O10S-. The summed E-state index contributed by atoms with van der Waals surface area (Å²) < 4.78 is 36.5. The number of aromatic hydroxyl groups is 2. The SMILES string of the molecule is CCCc1cc2c(c(O)c1C(=O)O)C(=O)c1c(O)cc(OS(=O)(=O)[O-])cc1C2=O. The number of phenolic OH excluding ortho intramolecular Hbond substituents is 1. The van der Waals surface area contributed by atoms with Crippen molar-refractivity contribution < 1.29 is 46.9 Å². The molecule has 10 nitrogen and oxygen atoms in total. The summed E-state index contributed by atoms with van der Waals surface area (Å²) in [4.78, 5) is 37.3. The van der Waals surface area contributed by atoms with Crippen molar-refractivity contribution in [3.63, 3.8) is 0 Å². The van der Waals surface area contributed by atoms with E-state index in [1.54, 1.807) is 6.92 Å². The molecule has 0 saturated heterocycles. The van der Waals surface area contributed by atoms with Gasteiger partial charge < -0.3 is 24.1 Å². The van der Waals surface area contributed by atoms with Gasteiger partial charge in [-0.15, -0.1) is 0 Å². The lowest BCUT2D eigenvalue weighted by atomic mass is 9.80. The molecule has 0 bridgehead atoms. The van der Waals surface area contributed by atoms with Crippen LogP contribution < -0.4 is 4.18 Å². The molecule has 2 aromatic carbocycles. The molecule has 152 valence electrons. The highest BCUT2D eigenvalue weighted by atomic mass is 32.3. The molecule has 0 amide bonds. The van der Waals surface area contributed by atoms with E-state index in [0.29, 0.717) is 12.5 Å². The third-order valence-electron chi connectivity index (χ3n) is 4.35. The topological polar surface area (TPSA) is 178 Å². The van der Waals surface area contributed by atoms with Gasteiger partial charge in [0.25, 0.3) is 10.4 Å². The Hall–Kier alpha value is -3.44. The minimum Gasteiger partial charge on any atom is -0.716 e. The number of rotatable bonds is 5. The second-order valence-electron chi connectivity index (χ2n) is 6.25. The van der Waals surface area contributed by atoms with Gasteiger partial charge in [-0.1, -0.05) is 13.3 Å². The molecule has 0 spiro atoms. The fourth-order valence-electron chi connectivity index (χ4n) is 3.29. The number of carboxylic acids is 1. The maximum absolute atomic E-state index is 12.9. The van der Waals surface area contributed by atoms with Crippen LogP contribution in [0.15, 0.2) is 18.2 Å². The lowest BCUT2D eigenvalue weighted by Gasteiger charge is -2.22. The third kappa shape index (κ3) is 3.41. The van der Waals surface area contributed by atoms with E-state index in [4.69, 9.17) is 0 Å². The molecule has 0 atom stereocenters. The van der Waals surface area contributed by atoms with Gasteiger partial charge in [-0.2, -0.15) is 0 Å². The van der Waals surface area contributed by atoms with Crippen LogP contribution in [0.25, 0.3) is 0 Å². The Morgan fingerprint density at radius 2 is 1.69 bits per heavy atom. The van der Waals surface area contributed by atoms with Crippen molar-refractivity contribution in [1.82, 2.24) is 0 Å². The number of phenols is 2. The smallest absolute Gasteiger partial charge is 0.339 e. The zero-order valence-electron chi connectivity index (χ0n) is 14.8. The molecule has 11 heteroatoms. The monoisotopic (exact) mass is 421 g/mol. The fraction of sp³-hybridized carbons (Fsp3) is 0.167. The lowest BCUT2D eigenvalue weighted by Crippen LogP contribution is -2.23. The fourth-order valence-corrected chi connectivity index (χ4v) is 3.62. The predicted molar refractivity (Wildman–Crippen MR) is 94.4 cm³/mol. The van der Waals surface area contributed by atoms with Gasteiger partial charge in [-0.3, -0.25) is 9.59 Å². The molecule has 0 aliphatic heterocycles. The molecule has 1 aliphatic rings. The maximum atomic E-state index is 12.9. The summed E-state index contributed by atoms with van der Waals surface area (Å²) in [5.74, 6) is -5.87. The summed E-state index contributed by atoms with van der Waals surface area (Å²) in [5, 5.41) is 30.0. The van der Waals surface area contributed by atoms with Crippen LogP contribution in [0.2, 0.25) is 0 Å². The number of fused-ring (bicyclic) bond motifs is 2. The standard InChI is InChI=1S/C18H14O10S/c1-2-3-7-4-9-14(16(21)12(7)18(23)24)17(22)13-10(15(9)20)5-8(6-11(13)19)28-29(25,26)27/h4-6,19,21H,2-3H2,1H3,(H,23,24)(H,25,26,27)/p-1. The summed E-state index contributed by atoms with van der Waals surface area (Å²) in [7, 11) is -5.21. The van der Waals surface area contributed by atoms with Crippen LogP contribution in [0.3, 0.4) is 0 Å². The van der Waals surface area contributed by atoms with Crippen LogP contribution >= 0.6 is 0 Å². The molecule has 2 aromatic rings. The van der Waals surface area contributed by atoms with Gasteiger partial charge in [-0.05, 0) is 24.1 Å². The summed E-state index contributed by atoms with van der Waals surface area (Å²) in [6, 6.07) is 2.61. The number of hydrogen-bond donors (Lipinski definition) is 3. The van der Waals surface area contributed by atoms with Crippen LogP contribution in [0.1, 0.15) is 61.1 Å². The van der Waals surface area contributed by atoms with Crippen molar-refractivity contribution in [1.29, 1.82) is 0 Å². The van der Waals surface area contributed by atoms with Gasteiger partial charge in [0.1, 0.15) is 22.8 Å². The lowest BCUT2D eigenvalue weighted by molar-refractivity contribution is 0.0691. The second kappa shape index (κ2) is 6.87. The van der Waals surface area contributed by atoms with Crippen LogP contribution in [0.5, 0.6) is 17.2 Å². The van der Waals surface area contributed by atoms with Crippen molar-refractivity contribution in [2.75, 3.05) is 0 Å². The van der Waals surface area contributed by atoms with Gasteiger partial charge in [-0.25, -0.2) is 13.2 Å². The number of hydrogen-bond acceptors (Lipinski definition) is 9.